The van der Waals surface area contributed by atoms with E-state index in [1.54, 1.807) is 0 Å². The molecule has 0 radical (unpaired) electrons. The smallest absolute Gasteiger partial charge is 0.0107 e. The Kier molecular flexibility index (Phi) is 9.42. The van der Waals surface area contributed by atoms with Crippen LogP contribution < -0.4 is 5.32 Å². The summed E-state index contributed by atoms with van der Waals surface area (Å²) in [5, 5.41) is 3.48. The van der Waals surface area contributed by atoms with E-state index in [4.69, 9.17) is 0 Å². The van der Waals surface area contributed by atoms with Crippen molar-refractivity contribution in [3.05, 3.63) is 0 Å². The quantitative estimate of drug-likeness (QED) is 0.575. The fourth-order valence-corrected chi connectivity index (χ4v) is 1.44. The molecule has 1 N–H and O–H groups in total. The molecule has 0 aromatic rings. The van der Waals surface area contributed by atoms with Crippen molar-refractivity contribution in [1.29, 1.82) is 0 Å². The van der Waals surface area contributed by atoms with Gasteiger partial charge in [-0.1, -0.05) is 34.1 Å². The lowest BCUT2D eigenvalue weighted by atomic mass is 10.2. The normalized spacial score (nSPS) is 11.6. The Labute approximate surface area is 90.1 Å². The summed E-state index contributed by atoms with van der Waals surface area (Å²) >= 11 is 0. The van der Waals surface area contributed by atoms with Gasteiger partial charge in [0, 0.05) is 13.1 Å². The van der Waals surface area contributed by atoms with E-state index < -0.39 is 0 Å². The van der Waals surface area contributed by atoms with Crippen LogP contribution in [0.2, 0.25) is 0 Å². The number of likely N-dealkylation sites (N-methyl/N-ethyl adjacent to an activating group) is 1. The van der Waals surface area contributed by atoms with Crippen LogP contribution in [0, 0.1) is 5.92 Å². The largest absolute Gasteiger partial charge is 0.315 e. The molecule has 0 bridgehead atoms. The summed E-state index contributed by atoms with van der Waals surface area (Å²) in [4.78, 5) is 2.52. The molecule has 0 aliphatic heterocycles. The molecule has 0 saturated carbocycles. The molecule has 2 heteroatoms. The van der Waals surface area contributed by atoms with Gasteiger partial charge in [-0.2, -0.15) is 0 Å². The number of unbranched alkanes of at least 4 members (excludes halogenated alkanes) is 1. The zero-order valence-corrected chi connectivity index (χ0v) is 10.5. The van der Waals surface area contributed by atoms with Crippen molar-refractivity contribution < 1.29 is 0 Å². The number of nitrogens with one attached hydrogen (secondary N) is 1. The Morgan fingerprint density at radius 3 is 2.36 bits per heavy atom. The minimum Gasteiger partial charge on any atom is -0.315 e. The number of rotatable bonds is 9. The van der Waals surface area contributed by atoms with Crippen molar-refractivity contribution in [2.75, 3.05) is 32.7 Å². The molecule has 0 heterocycles. The van der Waals surface area contributed by atoms with Crippen LogP contribution in [0.4, 0.5) is 0 Å². The Hall–Kier alpha value is -0.0800. The molecule has 14 heavy (non-hydrogen) atoms. The molecule has 0 aliphatic rings. The van der Waals surface area contributed by atoms with Crippen LogP contribution in [0.25, 0.3) is 0 Å². The van der Waals surface area contributed by atoms with Crippen molar-refractivity contribution in [1.82, 2.24) is 10.2 Å². The predicted octanol–water partition coefficient (Wildman–Crippen LogP) is 2.35. The lowest BCUT2D eigenvalue weighted by Gasteiger charge is -2.20. The van der Waals surface area contributed by atoms with Gasteiger partial charge >= 0.3 is 0 Å². The molecule has 0 fully saturated rings. The minimum atomic E-state index is 0.765. The standard InChI is InChI=1S/C12H28N2/c1-5-7-9-14(6-2)10-8-13-11-12(3)4/h12-13H,5-11H2,1-4H3. The highest BCUT2D eigenvalue weighted by molar-refractivity contribution is 4.58. The van der Waals surface area contributed by atoms with Gasteiger partial charge < -0.3 is 10.2 Å². The van der Waals surface area contributed by atoms with Gasteiger partial charge in [0.05, 0.1) is 0 Å². The molecule has 0 aromatic carbocycles. The Bertz CT molecular complexity index is 113. The molecule has 86 valence electrons. The van der Waals surface area contributed by atoms with Crippen LogP contribution in [0.3, 0.4) is 0 Å². The Morgan fingerprint density at radius 2 is 1.86 bits per heavy atom. The fraction of sp³-hybridized carbons (Fsp3) is 1.00. The summed E-state index contributed by atoms with van der Waals surface area (Å²) in [7, 11) is 0. The molecule has 0 saturated heterocycles. The highest BCUT2D eigenvalue weighted by Crippen LogP contribution is 1.93. The zero-order valence-electron chi connectivity index (χ0n) is 10.5. The SMILES string of the molecule is CCCCN(CC)CCNCC(C)C. The van der Waals surface area contributed by atoms with E-state index in [1.807, 2.05) is 0 Å². The molecule has 0 unspecified atom stereocenters. The average molecular weight is 200 g/mol. The molecular formula is C12H28N2. The third-order valence-corrected chi connectivity index (χ3v) is 2.43. The van der Waals surface area contributed by atoms with Crippen LogP contribution in [-0.2, 0) is 0 Å². The van der Waals surface area contributed by atoms with Gasteiger partial charge in [0.1, 0.15) is 0 Å². The second-order valence-electron chi connectivity index (χ2n) is 4.39. The van der Waals surface area contributed by atoms with Crippen LogP contribution in [0.5, 0.6) is 0 Å². The van der Waals surface area contributed by atoms with Gasteiger partial charge in [-0.15, -0.1) is 0 Å². The predicted molar refractivity (Wildman–Crippen MR) is 64.7 cm³/mol. The lowest BCUT2D eigenvalue weighted by molar-refractivity contribution is 0.281. The molecule has 2 nitrogen and oxygen atoms in total. The minimum absolute atomic E-state index is 0.765. The van der Waals surface area contributed by atoms with Crippen LogP contribution in [-0.4, -0.2) is 37.6 Å². The molecule has 0 amide bonds. The van der Waals surface area contributed by atoms with Crippen LogP contribution in [0.15, 0.2) is 0 Å². The van der Waals surface area contributed by atoms with E-state index in [0.717, 1.165) is 19.0 Å². The first kappa shape index (κ1) is 13.9. The van der Waals surface area contributed by atoms with E-state index in [-0.39, 0.29) is 0 Å². The monoisotopic (exact) mass is 200 g/mol. The van der Waals surface area contributed by atoms with Crippen molar-refractivity contribution in [3.8, 4) is 0 Å². The maximum Gasteiger partial charge on any atom is 0.0107 e. The van der Waals surface area contributed by atoms with E-state index in [1.165, 1.54) is 32.5 Å². The molecule has 0 rings (SSSR count). The average Bonchev–Trinajstić information content (AvgIpc) is 2.16. The molecular weight excluding hydrogens is 172 g/mol. The second kappa shape index (κ2) is 9.47. The van der Waals surface area contributed by atoms with Gasteiger partial charge in [-0.25, -0.2) is 0 Å². The van der Waals surface area contributed by atoms with Gasteiger partial charge in [-0.3, -0.25) is 0 Å². The van der Waals surface area contributed by atoms with Crippen molar-refractivity contribution in [3.63, 3.8) is 0 Å². The van der Waals surface area contributed by atoms with Crippen molar-refractivity contribution in [2.45, 2.75) is 40.5 Å². The van der Waals surface area contributed by atoms with E-state index in [2.05, 4.69) is 37.9 Å². The molecule has 0 aliphatic carbocycles. The summed E-state index contributed by atoms with van der Waals surface area (Å²) < 4.78 is 0. The third-order valence-electron chi connectivity index (χ3n) is 2.43. The van der Waals surface area contributed by atoms with Crippen LogP contribution in [0.1, 0.15) is 40.5 Å². The van der Waals surface area contributed by atoms with Crippen LogP contribution >= 0.6 is 0 Å². The zero-order chi connectivity index (χ0) is 10.8. The van der Waals surface area contributed by atoms with Crippen molar-refractivity contribution >= 4 is 0 Å². The maximum absolute atomic E-state index is 3.48. The Morgan fingerprint density at radius 1 is 1.14 bits per heavy atom. The van der Waals surface area contributed by atoms with E-state index in [0.29, 0.717) is 0 Å². The number of hydrogen-bond acceptors (Lipinski definition) is 2. The van der Waals surface area contributed by atoms with E-state index >= 15 is 0 Å². The summed E-state index contributed by atoms with van der Waals surface area (Å²) in [5.74, 6) is 0.765. The highest BCUT2D eigenvalue weighted by atomic mass is 15.1. The first-order valence-corrected chi connectivity index (χ1v) is 6.13. The van der Waals surface area contributed by atoms with Gasteiger partial charge in [-0.05, 0) is 32.0 Å². The summed E-state index contributed by atoms with van der Waals surface area (Å²) in [6.45, 7) is 14.9. The summed E-state index contributed by atoms with van der Waals surface area (Å²) in [6, 6.07) is 0. The molecule has 0 spiro atoms. The highest BCUT2D eigenvalue weighted by Gasteiger charge is 2.00. The number of hydrogen-bond donors (Lipinski definition) is 1. The first-order chi connectivity index (χ1) is 6.70. The lowest BCUT2D eigenvalue weighted by Crippen LogP contribution is -2.34. The maximum atomic E-state index is 3.48. The first-order valence-electron chi connectivity index (χ1n) is 6.13. The van der Waals surface area contributed by atoms with Gasteiger partial charge in [0.15, 0.2) is 0 Å². The number of nitrogens with zero attached hydrogens (tertiary/aromatic N) is 1. The fourth-order valence-electron chi connectivity index (χ4n) is 1.44. The Balaban J connectivity index is 3.33. The van der Waals surface area contributed by atoms with Gasteiger partial charge in [0.25, 0.3) is 0 Å². The second-order valence-corrected chi connectivity index (χ2v) is 4.39. The van der Waals surface area contributed by atoms with Gasteiger partial charge in [0.2, 0.25) is 0 Å². The molecule has 0 atom stereocenters. The third kappa shape index (κ3) is 8.52. The van der Waals surface area contributed by atoms with E-state index in [9.17, 15) is 0 Å². The van der Waals surface area contributed by atoms with Crippen molar-refractivity contribution in [2.24, 2.45) is 5.92 Å². The summed E-state index contributed by atoms with van der Waals surface area (Å²) in [6.07, 6.45) is 2.63. The summed E-state index contributed by atoms with van der Waals surface area (Å²) in [5.41, 5.74) is 0. The molecule has 0 aromatic heterocycles. The topological polar surface area (TPSA) is 15.3 Å².